The van der Waals surface area contributed by atoms with Crippen LogP contribution in [0.25, 0.3) is 0 Å². The fourth-order valence-electron chi connectivity index (χ4n) is 2.35. The monoisotopic (exact) mass is 217 g/mol. The quantitative estimate of drug-likeness (QED) is 0.785. The van der Waals surface area contributed by atoms with E-state index in [4.69, 9.17) is 0 Å². The first-order valence-electron chi connectivity index (χ1n) is 5.61. The molecule has 84 valence electrons. The molecule has 0 radical (unpaired) electrons. The van der Waals surface area contributed by atoms with Crippen LogP contribution in [0.3, 0.4) is 0 Å². The summed E-state index contributed by atoms with van der Waals surface area (Å²) in [5.74, 6) is -0.322. The number of benzene rings is 1. The van der Waals surface area contributed by atoms with Gasteiger partial charge in [-0.15, -0.1) is 0 Å². The Hall–Kier alpha value is -1.64. The van der Waals surface area contributed by atoms with Gasteiger partial charge in [0.1, 0.15) is 0 Å². The van der Waals surface area contributed by atoms with E-state index < -0.39 is 0 Å². The lowest BCUT2D eigenvalue weighted by atomic mass is 9.83. The van der Waals surface area contributed by atoms with Gasteiger partial charge in [-0.25, -0.2) is 0 Å². The minimum absolute atomic E-state index is 0.124. The Bertz CT molecular complexity index is 400. The van der Waals surface area contributed by atoms with Crippen molar-refractivity contribution < 1.29 is 9.59 Å². The highest BCUT2D eigenvalue weighted by Gasteiger charge is 2.36. The highest BCUT2D eigenvalue weighted by molar-refractivity contribution is 6.03. The molecule has 1 heterocycles. The Kier molecular flexibility index (Phi) is 3.04. The summed E-state index contributed by atoms with van der Waals surface area (Å²) in [5.41, 5.74) is 1.14. The van der Waals surface area contributed by atoms with Gasteiger partial charge in [0.05, 0.1) is 5.92 Å². The lowest BCUT2D eigenvalue weighted by Crippen LogP contribution is -2.25. The summed E-state index contributed by atoms with van der Waals surface area (Å²) in [6.07, 6.45) is 1.20. The maximum Gasteiger partial charge on any atom is 0.230 e. The molecular weight excluding hydrogens is 202 g/mol. The van der Waals surface area contributed by atoms with Crippen molar-refractivity contribution in [3.05, 3.63) is 35.9 Å². The van der Waals surface area contributed by atoms with Gasteiger partial charge in [-0.3, -0.25) is 14.9 Å². The van der Waals surface area contributed by atoms with E-state index in [-0.39, 0.29) is 23.7 Å². The smallest absolute Gasteiger partial charge is 0.230 e. The molecule has 0 aromatic heterocycles. The Morgan fingerprint density at radius 3 is 2.50 bits per heavy atom. The minimum atomic E-state index is -0.195. The van der Waals surface area contributed by atoms with E-state index in [1.165, 1.54) is 0 Å². The molecule has 2 atom stereocenters. The topological polar surface area (TPSA) is 46.2 Å². The Labute approximate surface area is 94.9 Å². The standard InChI is InChI=1S/C13H15NO2/c1-2-10(9-6-4-3-5-7-9)11-8-12(15)14-13(11)16/h3-7,10-11H,2,8H2,1H3,(H,14,15,16). The zero-order chi connectivity index (χ0) is 11.5. The second kappa shape index (κ2) is 4.47. The normalized spacial score (nSPS) is 21.9. The van der Waals surface area contributed by atoms with Crippen LogP contribution < -0.4 is 5.32 Å². The predicted octanol–water partition coefficient (Wildman–Crippen LogP) is 1.84. The van der Waals surface area contributed by atoms with Gasteiger partial charge in [-0.1, -0.05) is 37.3 Å². The van der Waals surface area contributed by atoms with Crippen molar-refractivity contribution >= 4 is 11.8 Å². The van der Waals surface area contributed by atoms with Crippen molar-refractivity contribution in [3.8, 4) is 0 Å². The van der Waals surface area contributed by atoms with Crippen LogP contribution in [0.15, 0.2) is 30.3 Å². The van der Waals surface area contributed by atoms with Gasteiger partial charge in [0.2, 0.25) is 11.8 Å². The van der Waals surface area contributed by atoms with Crippen LogP contribution in [-0.4, -0.2) is 11.8 Å². The molecule has 2 unspecified atom stereocenters. The highest BCUT2D eigenvalue weighted by atomic mass is 16.2. The van der Waals surface area contributed by atoms with Crippen molar-refractivity contribution in [1.82, 2.24) is 5.32 Å². The van der Waals surface area contributed by atoms with Gasteiger partial charge in [0, 0.05) is 6.42 Å². The molecule has 1 N–H and O–H groups in total. The maximum absolute atomic E-state index is 11.6. The lowest BCUT2D eigenvalue weighted by molar-refractivity contribution is -0.126. The molecule has 2 amide bonds. The van der Waals surface area contributed by atoms with Crippen LogP contribution in [0, 0.1) is 5.92 Å². The molecule has 16 heavy (non-hydrogen) atoms. The summed E-state index contributed by atoms with van der Waals surface area (Å²) in [6, 6.07) is 9.92. The lowest BCUT2D eigenvalue weighted by Gasteiger charge is -2.19. The highest BCUT2D eigenvalue weighted by Crippen LogP contribution is 2.32. The van der Waals surface area contributed by atoms with Crippen molar-refractivity contribution in [3.63, 3.8) is 0 Å². The van der Waals surface area contributed by atoms with Gasteiger partial charge >= 0.3 is 0 Å². The molecule has 0 aliphatic carbocycles. The van der Waals surface area contributed by atoms with Gasteiger partial charge in [-0.05, 0) is 17.9 Å². The first kappa shape index (κ1) is 10.9. The number of carbonyl (C=O) groups excluding carboxylic acids is 2. The van der Waals surface area contributed by atoms with Gasteiger partial charge in [0.15, 0.2) is 0 Å². The van der Waals surface area contributed by atoms with E-state index >= 15 is 0 Å². The number of hydrogen-bond acceptors (Lipinski definition) is 2. The summed E-state index contributed by atoms with van der Waals surface area (Å²) < 4.78 is 0. The summed E-state index contributed by atoms with van der Waals surface area (Å²) in [4.78, 5) is 22.8. The summed E-state index contributed by atoms with van der Waals surface area (Å²) in [7, 11) is 0. The van der Waals surface area contributed by atoms with Crippen LogP contribution >= 0.6 is 0 Å². The molecule has 0 bridgehead atoms. The van der Waals surface area contributed by atoms with E-state index in [2.05, 4.69) is 5.32 Å². The maximum atomic E-state index is 11.6. The van der Waals surface area contributed by atoms with Crippen LogP contribution in [0.5, 0.6) is 0 Å². The largest absolute Gasteiger partial charge is 0.296 e. The Balaban J connectivity index is 2.24. The van der Waals surface area contributed by atoms with Crippen molar-refractivity contribution in [2.45, 2.75) is 25.7 Å². The van der Waals surface area contributed by atoms with Crippen molar-refractivity contribution in [2.24, 2.45) is 5.92 Å². The zero-order valence-electron chi connectivity index (χ0n) is 9.27. The van der Waals surface area contributed by atoms with E-state index in [9.17, 15) is 9.59 Å². The van der Waals surface area contributed by atoms with Gasteiger partial charge < -0.3 is 0 Å². The molecule has 0 saturated carbocycles. The third-order valence-electron chi connectivity index (χ3n) is 3.16. The van der Waals surface area contributed by atoms with E-state index in [1.807, 2.05) is 37.3 Å². The SMILES string of the molecule is CCC(c1ccccc1)C1CC(=O)NC1=O. The molecular formula is C13H15NO2. The molecule has 1 aromatic rings. The third kappa shape index (κ3) is 1.98. The summed E-state index contributed by atoms with van der Waals surface area (Å²) in [6.45, 7) is 2.05. The number of carbonyl (C=O) groups is 2. The fourth-order valence-corrected chi connectivity index (χ4v) is 2.35. The van der Waals surface area contributed by atoms with Crippen LogP contribution in [-0.2, 0) is 9.59 Å². The molecule has 1 aromatic carbocycles. The number of amides is 2. The van der Waals surface area contributed by atoms with E-state index in [0.717, 1.165) is 12.0 Å². The van der Waals surface area contributed by atoms with E-state index in [1.54, 1.807) is 0 Å². The molecule has 3 nitrogen and oxygen atoms in total. The number of nitrogens with one attached hydrogen (secondary N) is 1. The molecule has 2 rings (SSSR count). The number of rotatable bonds is 3. The second-order valence-electron chi connectivity index (χ2n) is 4.15. The minimum Gasteiger partial charge on any atom is -0.296 e. The average molecular weight is 217 g/mol. The molecule has 0 spiro atoms. The van der Waals surface area contributed by atoms with Crippen LogP contribution in [0.1, 0.15) is 31.2 Å². The molecule has 1 saturated heterocycles. The van der Waals surface area contributed by atoms with E-state index in [0.29, 0.717) is 6.42 Å². The van der Waals surface area contributed by atoms with Crippen LogP contribution in [0.4, 0.5) is 0 Å². The Morgan fingerprint density at radius 1 is 1.31 bits per heavy atom. The fraction of sp³-hybridized carbons (Fsp3) is 0.385. The van der Waals surface area contributed by atoms with Gasteiger partial charge in [-0.2, -0.15) is 0 Å². The molecule has 1 aliphatic rings. The third-order valence-corrected chi connectivity index (χ3v) is 3.16. The first-order valence-corrected chi connectivity index (χ1v) is 5.61. The first-order chi connectivity index (χ1) is 7.72. The van der Waals surface area contributed by atoms with Crippen LogP contribution in [0.2, 0.25) is 0 Å². The number of hydrogen-bond donors (Lipinski definition) is 1. The Morgan fingerprint density at radius 2 is 2.00 bits per heavy atom. The zero-order valence-corrected chi connectivity index (χ0v) is 9.27. The molecule has 3 heteroatoms. The molecule has 1 aliphatic heterocycles. The molecule has 1 fully saturated rings. The van der Waals surface area contributed by atoms with Gasteiger partial charge in [0.25, 0.3) is 0 Å². The second-order valence-corrected chi connectivity index (χ2v) is 4.15. The summed E-state index contributed by atoms with van der Waals surface area (Å²) >= 11 is 0. The predicted molar refractivity (Wildman–Crippen MR) is 60.7 cm³/mol. The van der Waals surface area contributed by atoms with Crippen molar-refractivity contribution in [1.29, 1.82) is 0 Å². The number of imide groups is 1. The van der Waals surface area contributed by atoms with Crippen molar-refractivity contribution in [2.75, 3.05) is 0 Å². The summed E-state index contributed by atoms with van der Waals surface area (Å²) in [5, 5.41) is 2.37. The average Bonchev–Trinajstić information content (AvgIpc) is 2.61.